The van der Waals surface area contributed by atoms with E-state index in [-0.39, 0.29) is 5.91 Å². The van der Waals surface area contributed by atoms with Gasteiger partial charge < -0.3 is 9.47 Å². The number of nitrogens with zero attached hydrogens (tertiary/aromatic N) is 3. The van der Waals surface area contributed by atoms with Gasteiger partial charge in [0.1, 0.15) is 0 Å². The SMILES string of the molecule is Cc1cccc(CN2CCN(C(=O)c3ccc(-n4cccc4)cc3)CC2)c1. The van der Waals surface area contributed by atoms with E-state index in [4.69, 9.17) is 0 Å². The molecule has 4 rings (SSSR count). The molecule has 1 aromatic heterocycles. The zero-order valence-electron chi connectivity index (χ0n) is 15.7. The van der Waals surface area contributed by atoms with Gasteiger partial charge >= 0.3 is 0 Å². The fraction of sp³-hybridized carbons (Fsp3) is 0.261. The molecular formula is C23H25N3O. The lowest BCUT2D eigenvalue weighted by Crippen LogP contribution is -2.48. The second-order valence-corrected chi connectivity index (χ2v) is 7.19. The second kappa shape index (κ2) is 7.80. The van der Waals surface area contributed by atoms with E-state index in [9.17, 15) is 4.79 Å². The Kier molecular flexibility index (Phi) is 5.07. The molecule has 1 saturated heterocycles. The van der Waals surface area contributed by atoms with Crippen molar-refractivity contribution in [3.05, 3.63) is 89.7 Å². The molecule has 27 heavy (non-hydrogen) atoms. The Morgan fingerprint density at radius 3 is 2.26 bits per heavy atom. The number of rotatable bonds is 4. The highest BCUT2D eigenvalue weighted by atomic mass is 16.2. The van der Waals surface area contributed by atoms with Crippen LogP contribution in [0, 0.1) is 6.92 Å². The van der Waals surface area contributed by atoms with Crippen LogP contribution in [0.2, 0.25) is 0 Å². The van der Waals surface area contributed by atoms with E-state index >= 15 is 0 Å². The van der Waals surface area contributed by atoms with Crippen LogP contribution in [0.1, 0.15) is 21.5 Å². The number of carbonyl (C=O) groups excluding carboxylic acids is 1. The summed E-state index contributed by atoms with van der Waals surface area (Å²) in [5, 5.41) is 0. The van der Waals surface area contributed by atoms with Gasteiger partial charge in [-0.2, -0.15) is 0 Å². The van der Waals surface area contributed by atoms with Crippen molar-refractivity contribution in [3.8, 4) is 5.69 Å². The lowest BCUT2D eigenvalue weighted by molar-refractivity contribution is 0.0628. The van der Waals surface area contributed by atoms with Crippen LogP contribution in [-0.2, 0) is 6.54 Å². The lowest BCUT2D eigenvalue weighted by atomic mass is 10.1. The number of aryl methyl sites for hydroxylation is 1. The van der Waals surface area contributed by atoms with Crippen LogP contribution >= 0.6 is 0 Å². The minimum atomic E-state index is 0.129. The van der Waals surface area contributed by atoms with Crippen LogP contribution in [0.25, 0.3) is 5.69 Å². The molecule has 3 aromatic rings. The van der Waals surface area contributed by atoms with Crippen molar-refractivity contribution < 1.29 is 4.79 Å². The average molecular weight is 359 g/mol. The lowest BCUT2D eigenvalue weighted by Gasteiger charge is -2.34. The van der Waals surface area contributed by atoms with Gasteiger partial charge in [0.05, 0.1) is 0 Å². The molecule has 0 unspecified atom stereocenters. The normalized spacial score (nSPS) is 15.1. The molecule has 1 aliphatic heterocycles. The number of aromatic nitrogens is 1. The topological polar surface area (TPSA) is 28.5 Å². The summed E-state index contributed by atoms with van der Waals surface area (Å²) >= 11 is 0. The zero-order valence-corrected chi connectivity index (χ0v) is 15.7. The zero-order chi connectivity index (χ0) is 18.6. The Morgan fingerprint density at radius 2 is 1.59 bits per heavy atom. The highest BCUT2D eigenvalue weighted by Gasteiger charge is 2.22. The van der Waals surface area contributed by atoms with E-state index in [1.807, 2.05) is 58.3 Å². The second-order valence-electron chi connectivity index (χ2n) is 7.19. The maximum absolute atomic E-state index is 12.8. The quantitative estimate of drug-likeness (QED) is 0.710. The van der Waals surface area contributed by atoms with Crippen LogP contribution in [0.4, 0.5) is 0 Å². The van der Waals surface area contributed by atoms with Crippen molar-refractivity contribution in [2.24, 2.45) is 0 Å². The monoisotopic (exact) mass is 359 g/mol. The molecule has 1 aliphatic rings. The van der Waals surface area contributed by atoms with Gasteiger partial charge in [-0.15, -0.1) is 0 Å². The predicted molar refractivity (Wildman–Crippen MR) is 108 cm³/mol. The standard InChI is InChI=1S/C23H25N3O/c1-19-5-4-6-20(17-19)18-24-13-15-26(16-14-24)23(27)21-7-9-22(10-8-21)25-11-2-3-12-25/h2-12,17H,13-16,18H2,1H3. The van der Waals surface area contributed by atoms with Gasteiger partial charge in [-0.1, -0.05) is 29.8 Å². The summed E-state index contributed by atoms with van der Waals surface area (Å²) in [4.78, 5) is 17.2. The van der Waals surface area contributed by atoms with Crippen molar-refractivity contribution in [1.29, 1.82) is 0 Å². The van der Waals surface area contributed by atoms with Crippen LogP contribution in [0.5, 0.6) is 0 Å². The minimum absolute atomic E-state index is 0.129. The highest BCUT2D eigenvalue weighted by molar-refractivity contribution is 5.94. The first-order valence-corrected chi connectivity index (χ1v) is 9.50. The maximum atomic E-state index is 12.8. The van der Waals surface area contributed by atoms with Crippen molar-refractivity contribution >= 4 is 5.91 Å². The first-order valence-electron chi connectivity index (χ1n) is 9.50. The third-order valence-electron chi connectivity index (χ3n) is 5.17. The number of amides is 1. The van der Waals surface area contributed by atoms with Gasteiger partial charge in [-0.25, -0.2) is 0 Å². The molecule has 0 bridgehead atoms. The molecular weight excluding hydrogens is 334 g/mol. The van der Waals surface area contributed by atoms with Crippen LogP contribution in [0.15, 0.2) is 73.1 Å². The van der Waals surface area contributed by atoms with E-state index in [1.54, 1.807) is 0 Å². The van der Waals surface area contributed by atoms with Crippen LogP contribution in [0.3, 0.4) is 0 Å². The number of benzene rings is 2. The van der Waals surface area contributed by atoms with Crippen molar-refractivity contribution in [2.45, 2.75) is 13.5 Å². The average Bonchev–Trinajstić information content (AvgIpc) is 3.23. The Morgan fingerprint density at radius 1 is 0.889 bits per heavy atom. The van der Waals surface area contributed by atoms with Crippen molar-refractivity contribution in [3.63, 3.8) is 0 Å². The maximum Gasteiger partial charge on any atom is 0.253 e. The first-order chi connectivity index (χ1) is 13.2. The number of carbonyl (C=O) groups is 1. The van der Waals surface area contributed by atoms with Gasteiger partial charge in [0.15, 0.2) is 0 Å². The Labute approximate surface area is 160 Å². The Hall–Kier alpha value is -2.85. The van der Waals surface area contributed by atoms with E-state index in [0.29, 0.717) is 0 Å². The highest BCUT2D eigenvalue weighted by Crippen LogP contribution is 2.15. The van der Waals surface area contributed by atoms with Gasteiger partial charge in [-0.3, -0.25) is 9.69 Å². The molecule has 2 aromatic carbocycles. The fourth-order valence-corrected chi connectivity index (χ4v) is 3.64. The van der Waals surface area contributed by atoms with Crippen LogP contribution in [-0.4, -0.2) is 46.5 Å². The van der Waals surface area contributed by atoms with Gasteiger partial charge in [0.2, 0.25) is 0 Å². The molecule has 1 amide bonds. The molecule has 0 spiro atoms. The summed E-state index contributed by atoms with van der Waals surface area (Å²) in [5.41, 5.74) is 4.47. The molecule has 0 aliphatic carbocycles. The van der Waals surface area contributed by atoms with Gasteiger partial charge in [-0.05, 0) is 48.9 Å². The minimum Gasteiger partial charge on any atom is -0.336 e. The molecule has 0 N–H and O–H groups in total. The van der Waals surface area contributed by atoms with Crippen molar-refractivity contribution in [2.75, 3.05) is 26.2 Å². The third kappa shape index (κ3) is 4.12. The summed E-state index contributed by atoms with van der Waals surface area (Å²) in [5.74, 6) is 0.129. The third-order valence-corrected chi connectivity index (χ3v) is 5.17. The number of piperazine rings is 1. The number of hydrogen-bond acceptors (Lipinski definition) is 2. The van der Waals surface area contributed by atoms with Crippen LogP contribution < -0.4 is 0 Å². The van der Waals surface area contributed by atoms with E-state index in [1.165, 1.54) is 11.1 Å². The molecule has 138 valence electrons. The van der Waals surface area contributed by atoms with E-state index in [2.05, 4.69) is 36.1 Å². The predicted octanol–water partition coefficient (Wildman–Crippen LogP) is 3.74. The molecule has 2 heterocycles. The molecule has 0 atom stereocenters. The smallest absolute Gasteiger partial charge is 0.253 e. The summed E-state index contributed by atoms with van der Waals surface area (Å²) in [6, 6.07) is 20.5. The van der Waals surface area contributed by atoms with Crippen molar-refractivity contribution in [1.82, 2.24) is 14.4 Å². The van der Waals surface area contributed by atoms with E-state index in [0.717, 1.165) is 44.0 Å². The van der Waals surface area contributed by atoms with Gasteiger partial charge in [0, 0.05) is 56.4 Å². The fourth-order valence-electron chi connectivity index (χ4n) is 3.64. The first kappa shape index (κ1) is 17.6. The summed E-state index contributed by atoms with van der Waals surface area (Å²) < 4.78 is 2.04. The summed E-state index contributed by atoms with van der Waals surface area (Å²) in [7, 11) is 0. The molecule has 0 radical (unpaired) electrons. The molecule has 1 fully saturated rings. The molecule has 4 heteroatoms. The van der Waals surface area contributed by atoms with Gasteiger partial charge in [0.25, 0.3) is 5.91 Å². The van der Waals surface area contributed by atoms with E-state index < -0.39 is 0 Å². The largest absolute Gasteiger partial charge is 0.336 e. The summed E-state index contributed by atoms with van der Waals surface area (Å²) in [6.45, 7) is 6.48. The Bertz CT molecular complexity index is 892. The number of hydrogen-bond donors (Lipinski definition) is 0. The molecule has 0 saturated carbocycles. The Balaban J connectivity index is 1.34. The summed E-state index contributed by atoms with van der Waals surface area (Å²) in [6.07, 6.45) is 4.01. The molecule has 4 nitrogen and oxygen atoms in total.